The molecule has 0 atom stereocenters. The Kier molecular flexibility index (Phi) is 5.32. The van der Waals surface area contributed by atoms with E-state index in [-0.39, 0.29) is 32.0 Å². The molecule has 1 aliphatic rings. The second-order valence-electron chi connectivity index (χ2n) is 10.9. The maximum atomic E-state index is 8.06. The van der Waals surface area contributed by atoms with Crippen LogP contribution in [-0.4, -0.2) is 32.1 Å². The third kappa shape index (κ3) is 4.77. The molecule has 208 valence electrons. The molecule has 0 amide bonds. The Labute approximate surface area is 268 Å². The summed E-state index contributed by atoms with van der Waals surface area (Å²) in [6, 6.07) is 31.4. The Morgan fingerprint density at radius 3 is 2.55 bits per heavy atom. The zero-order valence-electron chi connectivity index (χ0n) is 29.0. The molecular formula is C35H29N5OPt+2. The summed E-state index contributed by atoms with van der Waals surface area (Å²) in [5.74, 6) is 1.10. The summed E-state index contributed by atoms with van der Waals surface area (Å²) in [6.07, 6.45) is 3.07. The van der Waals surface area contributed by atoms with Crippen molar-refractivity contribution < 1.29 is 38.6 Å². The van der Waals surface area contributed by atoms with Gasteiger partial charge in [-0.25, -0.2) is 4.98 Å². The Morgan fingerprint density at radius 1 is 0.929 bits per heavy atom. The van der Waals surface area contributed by atoms with Crippen molar-refractivity contribution in [3.63, 3.8) is 0 Å². The SMILES string of the molecule is [2H]C([2H])([2H])c1ccnc(-n2c3[c-]c(Oc4[c-]c([N+]5=C=[N+](C([2H])([2H])[2H])c6ccccc65)cc(C(C)(C)C)c4)cnc3c3ccccc32)c1.[Pt+2]. The minimum atomic E-state index is -2.43. The van der Waals surface area contributed by atoms with Gasteiger partial charge < -0.3 is 14.3 Å². The van der Waals surface area contributed by atoms with Crippen molar-refractivity contribution in [2.45, 2.75) is 33.0 Å². The predicted octanol–water partition coefficient (Wildman–Crippen LogP) is 7.87. The molecule has 0 N–H and O–H groups in total. The minimum absolute atomic E-state index is 0. The fraction of sp³-hybridized carbons (Fsp3) is 0.171. The van der Waals surface area contributed by atoms with Gasteiger partial charge in [-0.2, -0.15) is 0 Å². The van der Waals surface area contributed by atoms with E-state index in [0.29, 0.717) is 45.4 Å². The molecule has 0 unspecified atom stereocenters. The number of aromatic nitrogens is 3. The topological polar surface area (TPSA) is 46.0 Å². The van der Waals surface area contributed by atoms with Crippen molar-refractivity contribution >= 4 is 45.0 Å². The number of hydrogen-bond donors (Lipinski definition) is 0. The first-order valence-corrected chi connectivity index (χ1v) is 13.2. The molecule has 7 rings (SSSR count). The number of nitrogens with zero attached hydrogens (tertiary/aromatic N) is 5. The van der Waals surface area contributed by atoms with Crippen LogP contribution in [0.3, 0.4) is 0 Å². The van der Waals surface area contributed by atoms with Crippen LogP contribution in [0.4, 0.5) is 17.1 Å². The van der Waals surface area contributed by atoms with E-state index in [1.165, 1.54) is 12.3 Å². The number of aryl methyl sites for hydroxylation is 1. The van der Waals surface area contributed by atoms with E-state index in [4.69, 9.17) is 17.9 Å². The van der Waals surface area contributed by atoms with E-state index in [1.807, 2.05) is 53.1 Å². The van der Waals surface area contributed by atoms with Crippen LogP contribution < -0.4 is 9.31 Å². The molecule has 3 aromatic carbocycles. The predicted molar refractivity (Wildman–Crippen MR) is 163 cm³/mol. The van der Waals surface area contributed by atoms with E-state index < -0.39 is 13.8 Å². The van der Waals surface area contributed by atoms with Crippen molar-refractivity contribution in [2.75, 3.05) is 6.98 Å². The molecule has 0 saturated heterocycles. The van der Waals surface area contributed by atoms with E-state index in [2.05, 4.69) is 43.9 Å². The first-order valence-electron chi connectivity index (χ1n) is 16.2. The summed E-state index contributed by atoms with van der Waals surface area (Å²) in [6.45, 7) is 1.50. The van der Waals surface area contributed by atoms with Crippen LogP contribution in [0.25, 0.3) is 27.8 Å². The number of benzene rings is 3. The van der Waals surface area contributed by atoms with Gasteiger partial charge in [0.1, 0.15) is 15.6 Å². The quantitative estimate of drug-likeness (QED) is 0.137. The van der Waals surface area contributed by atoms with Crippen LogP contribution in [-0.2, 0) is 26.5 Å². The molecule has 0 aliphatic carbocycles. The fourth-order valence-electron chi connectivity index (χ4n) is 5.06. The maximum Gasteiger partial charge on any atom is 2.00 e. The van der Waals surface area contributed by atoms with Gasteiger partial charge in [-0.15, -0.1) is 17.7 Å². The minimum Gasteiger partial charge on any atom is -0.507 e. The maximum absolute atomic E-state index is 8.06. The largest absolute Gasteiger partial charge is 2.00 e. The molecule has 6 aromatic rings. The molecule has 7 heteroatoms. The van der Waals surface area contributed by atoms with Gasteiger partial charge in [0.05, 0.1) is 0 Å². The first-order chi connectivity index (χ1) is 22.2. The van der Waals surface area contributed by atoms with Crippen LogP contribution in [0.1, 0.15) is 40.1 Å². The molecule has 4 heterocycles. The van der Waals surface area contributed by atoms with Gasteiger partial charge in [0.2, 0.25) is 0 Å². The van der Waals surface area contributed by atoms with Crippen molar-refractivity contribution in [1.82, 2.24) is 19.1 Å². The van der Waals surface area contributed by atoms with Crippen molar-refractivity contribution in [3.05, 3.63) is 108 Å². The monoisotopic (exact) mass is 736 g/mol. The second kappa shape index (κ2) is 10.5. The molecule has 6 nitrogen and oxygen atoms in total. The van der Waals surface area contributed by atoms with Gasteiger partial charge in [-0.1, -0.05) is 72.4 Å². The summed E-state index contributed by atoms with van der Waals surface area (Å²) in [5.41, 5.74) is 4.55. The van der Waals surface area contributed by atoms with Gasteiger partial charge in [0.15, 0.2) is 6.98 Å². The van der Waals surface area contributed by atoms with Gasteiger partial charge in [-0.3, -0.25) is 0 Å². The fourth-order valence-corrected chi connectivity index (χ4v) is 5.06. The number of para-hydroxylation sites is 3. The second-order valence-corrected chi connectivity index (χ2v) is 10.9. The number of rotatable bonds is 4. The van der Waals surface area contributed by atoms with Crippen molar-refractivity contribution in [1.29, 1.82) is 0 Å². The third-order valence-corrected chi connectivity index (χ3v) is 7.10. The van der Waals surface area contributed by atoms with E-state index in [9.17, 15) is 0 Å². The molecule has 0 spiro atoms. The van der Waals surface area contributed by atoms with Gasteiger partial charge in [-0.05, 0) is 58.6 Å². The Balaban J connectivity index is 0.00000401. The zero-order chi connectivity index (χ0) is 33.3. The third-order valence-electron chi connectivity index (χ3n) is 7.10. The smallest absolute Gasteiger partial charge is 0.507 e. The van der Waals surface area contributed by atoms with Crippen molar-refractivity contribution in [2.24, 2.45) is 0 Å². The molecule has 0 fully saturated rings. The van der Waals surface area contributed by atoms with E-state index in [0.717, 1.165) is 21.0 Å². The normalized spacial score (nSPS) is 15.3. The van der Waals surface area contributed by atoms with E-state index >= 15 is 0 Å². The molecular weight excluding hydrogens is 701 g/mol. The van der Waals surface area contributed by atoms with Gasteiger partial charge in [0.25, 0.3) is 11.4 Å². The molecule has 0 radical (unpaired) electrons. The Bertz CT molecular complexity index is 2300. The van der Waals surface area contributed by atoms with E-state index in [1.54, 1.807) is 29.0 Å². The Hall–Kier alpha value is -4.37. The zero-order valence-corrected chi connectivity index (χ0v) is 25.3. The van der Waals surface area contributed by atoms with Crippen LogP contribution >= 0.6 is 0 Å². The average molecular weight is 737 g/mol. The van der Waals surface area contributed by atoms with Crippen LogP contribution in [0, 0.1) is 19.0 Å². The molecule has 3 aromatic heterocycles. The van der Waals surface area contributed by atoms with Crippen molar-refractivity contribution in [3.8, 4) is 17.3 Å². The summed E-state index contributed by atoms with van der Waals surface area (Å²) in [4.78, 5) is 9.25. The molecule has 0 saturated carbocycles. The first kappa shape index (κ1) is 21.3. The number of hydrogen-bond acceptors (Lipinski definition) is 3. The average Bonchev–Trinajstić information content (AvgIpc) is 3.57. The molecule has 42 heavy (non-hydrogen) atoms. The van der Waals surface area contributed by atoms with Crippen LogP contribution in [0.15, 0.2) is 85.2 Å². The molecule has 1 aliphatic heterocycles. The van der Waals surface area contributed by atoms with Crippen LogP contribution in [0.5, 0.6) is 11.5 Å². The molecule has 0 bridgehead atoms. The Morgan fingerprint density at radius 2 is 1.74 bits per heavy atom. The van der Waals surface area contributed by atoms with Gasteiger partial charge >= 0.3 is 27.1 Å². The van der Waals surface area contributed by atoms with Crippen LogP contribution in [0.2, 0.25) is 0 Å². The summed E-state index contributed by atoms with van der Waals surface area (Å²) in [7, 11) is 0. The summed E-state index contributed by atoms with van der Waals surface area (Å²) in [5, 5.41) is 0.854. The summed E-state index contributed by atoms with van der Waals surface area (Å²) >= 11 is 0. The number of ether oxygens (including phenoxy) is 1. The number of pyridine rings is 2. The standard InChI is InChI=1S/C35H29N5O.Pt/c1-23-14-15-36-33(16-23)40-29-11-7-6-10-28(29)34-32(40)20-27(21-37-34)41-26-18-24(35(2,3)4)17-25(19-26)39-22-38(5)30-12-8-9-13-31(30)39;/h6-18,21H,1-5H3;/q;+2/i1D3,5D3;. The number of fused-ring (bicyclic) bond motifs is 4. The summed E-state index contributed by atoms with van der Waals surface area (Å²) < 4.78 is 59.0. The van der Waals surface area contributed by atoms with Gasteiger partial charge in [0, 0.05) is 39.5 Å².